The van der Waals surface area contributed by atoms with Crippen LogP contribution < -0.4 is 10.0 Å². The summed E-state index contributed by atoms with van der Waals surface area (Å²) < 4.78 is 111. The number of allylic oxidation sites excluding steroid dienone is 5. The number of anilines is 1. The summed E-state index contributed by atoms with van der Waals surface area (Å²) in [5.74, 6) is -3.55. The topological polar surface area (TPSA) is 297 Å². The Morgan fingerprint density at radius 1 is 0.875 bits per heavy atom. The van der Waals surface area contributed by atoms with Crippen molar-refractivity contribution in [2.24, 2.45) is 0 Å². The molecule has 18 nitrogen and oxygen atoms in total. The fourth-order valence-electron chi connectivity index (χ4n) is 9.03. The Bertz CT molecular complexity index is 2560. The summed E-state index contributed by atoms with van der Waals surface area (Å²) in [5, 5.41) is 48.2. The van der Waals surface area contributed by atoms with Crippen molar-refractivity contribution in [2.45, 2.75) is 72.4 Å². The van der Waals surface area contributed by atoms with Gasteiger partial charge in [0.25, 0.3) is 0 Å². The van der Waals surface area contributed by atoms with Crippen LogP contribution in [-0.4, -0.2) is 107 Å². The molecule has 0 spiro atoms. The average Bonchev–Trinajstić information content (AvgIpc) is 3.73. The normalized spacial score (nSPS) is 25.8. The fraction of sp³-hybridized carbons (Fsp3) is 0.412. The summed E-state index contributed by atoms with van der Waals surface area (Å²) in [4.78, 5) is 15.7. The number of fused-ring (bicyclic) bond motifs is 6. The number of nitrogens with zero attached hydrogens (tertiary/aromatic N) is 2. The van der Waals surface area contributed by atoms with Crippen molar-refractivity contribution in [1.29, 1.82) is 0 Å². The second-order valence-corrected chi connectivity index (χ2v) is 19.8. The largest absolute Gasteiger partial charge is 0.871 e. The summed E-state index contributed by atoms with van der Waals surface area (Å²) in [5.41, 5.74) is 0.729. The Labute approximate surface area is 325 Å². The summed E-state index contributed by atoms with van der Waals surface area (Å²) in [6.07, 6.45) is -2.50. The van der Waals surface area contributed by atoms with Gasteiger partial charge in [-0.1, -0.05) is 10.8 Å². The van der Waals surface area contributed by atoms with Crippen molar-refractivity contribution >= 4 is 65.3 Å². The number of aliphatic hydroxyl groups excluding tert-OH is 2. The second-order valence-electron chi connectivity index (χ2n) is 14.7. The van der Waals surface area contributed by atoms with Gasteiger partial charge in [0.05, 0.1) is 60.2 Å². The van der Waals surface area contributed by atoms with Gasteiger partial charge in [-0.2, -0.15) is 4.58 Å². The van der Waals surface area contributed by atoms with E-state index in [0.29, 0.717) is 57.2 Å². The predicted octanol–water partition coefficient (Wildman–Crippen LogP) is 0.301. The van der Waals surface area contributed by atoms with Gasteiger partial charge in [0.1, 0.15) is 16.2 Å². The smallest absolute Gasteiger partial charge is 0.209 e. The molecule has 0 aromatic heterocycles. The van der Waals surface area contributed by atoms with E-state index in [1.54, 1.807) is 29.7 Å². The molecule has 4 atom stereocenters. The third kappa shape index (κ3) is 6.83. The van der Waals surface area contributed by atoms with Crippen molar-refractivity contribution in [2.75, 3.05) is 29.5 Å². The van der Waals surface area contributed by atoms with Crippen LogP contribution in [0.3, 0.4) is 0 Å². The van der Waals surface area contributed by atoms with Gasteiger partial charge < -0.3 is 33.9 Å². The molecule has 0 bridgehead atoms. The molecule has 2 aromatic carbocycles. The van der Waals surface area contributed by atoms with E-state index in [0.717, 1.165) is 6.07 Å². The predicted molar refractivity (Wildman–Crippen MR) is 189 cm³/mol. The summed E-state index contributed by atoms with van der Waals surface area (Å²) >= 11 is 0.682. The molecule has 0 amide bonds. The first kappa shape index (κ1) is 40.7. The van der Waals surface area contributed by atoms with Crippen LogP contribution in [0, 0.1) is 0 Å². The van der Waals surface area contributed by atoms with Crippen LogP contribution in [0.1, 0.15) is 50.7 Å². The van der Waals surface area contributed by atoms with Crippen LogP contribution in [0.25, 0.3) is 0 Å². The molecule has 5 aliphatic rings. The average molecular weight is 854 g/mol. The summed E-state index contributed by atoms with van der Waals surface area (Å²) in [6.45, 7) is 2.66. The first-order chi connectivity index (χ1) is 26.0. The van der Waals surface area contributed by atoms with Crippen LogP contribution in [-0.2, 0) is 55.4 Å². The van der Waals surface area contributed by atoms with Gasteiger partial charge in [0, 0.05) is 56.6 Å². The van der Waals surface area contributed by atoms with Gasteiger partial charge in [-0.3, -0.25) is 4.79 Å². The van der Waals surface area contributed by atoms with Gasteiger partial charge in [-0.25, -0.2) is 30.5 Å². The molecule has 1 fully saturated rings. The van der Waals surface area contributed by atoms with E-state index in [1.807, 2.05) is 6.92 Å². The molecule has 2 aliphatic heterocycles. The number of benzene rings is 2. The molecule has 7 rings (SSSR count). The standard InChI is InChI=1S/C34H36N2O16S4/c1-33-9-7-21(31(33)35(13-17(37)15-54(42,43)44)25-5-3-19(11-23(25)33)53-52-51-41)27-29(39)28(30(27)40)22-8-10-34(2)24-12-20(56(48,49)50)4-6-26(24)36(32(22)34)14-18(38)16-55(45,46)47/h3-6,11-12,17-18,37-38H,7-10,13-16H2,1-2H3,(H4-,39,40,41,42,43,44,45,46,47,48,49,50)/p-3. The van der Waals surface area contributed by atoms with Crippen LogP contribution in [0.4, 0.5) is 11.4 Å². The highest BCUT2D eigenvalue weighted by Gasteiger charge is 2.57. The Kier molecular flexibility index (Phi) is 10.0. The van der Waals surface area contributed by atoms with Crippen LogP contribution in [0.15, 0.2) is 79.9 Å². The molecule has 22 heteroatoms. The Morgan fingerprint density at radius 3 is 2.14 bits per heavy atom. The maximum atomic E-state index is 14.4. The minimum absolute atomic E-state index is 0.114. The molecular formula is C34H33N2O16S4-3. The van der Waals surface area contributed by atoms with Gasteiger partial charge in [-0.15, -0.1) is 4.33 Å². The molecule has 2 heterocycles. The fourth-order valence-corrected chi connectivity index (χ4v) is 11.1. The lowest BCUT2D eigenvalue weighted by Gasteiger charge is -2.35. The quantitative estimate of drug-likeness (QED) is 0.0610. The Hall–Kier alpha value is -3.52. The molecule has 3 N–H and O–H groups in total. The summed E-state index contributed by atoms with van der Waals surface area (Å²) in [7, 11) is -14.7. The lowest BCUT2D eigenvalue weighted by molar-refractivity contribution is -0.448. The van der Waals surface area contributed by atoms with Crippen molar-refractivity contribution < 1.29 is 78.2 Å². The number of Topliss-reactive ketones (excluding diaryl/α,β-unsaturated/α-hetero) is 1. The summed E-state index contributed by atoms with van der Waals surface area (Å²) in [6, 6.07) is 8.44. The van der Waals surface area contributed by atoms with Gasteiger partial charge in [-0.05, 0) is 81.0 Å². The third-order valence-corrected chi connectivity index (χ3v) is 14.1. The van der Waals surface area contributed by atoms with Crippen molar-refractivity contribution in [3.05, 3.63) is 81.3 Å². The third-order valence-electron chi connectivity index (χ3n) is 11.2. The van der Waals surface area contributed by atoms with Crippen molar-refractivity contribution in [1.82, 2.24) is 0 Å². The molecule has 0 radical (unpaired) electrons. The highest BCUT2D eigenvalue weighted by Crippen LogP contribution is 2.60. The monoisotopic (exact) mass is 853 g/mol. The van der Waals surface area contributed by atoms with Gasteiger partial charge >= 0.3 is 0 Å². The number of hydrogen-bond donors (Lipinski definition) is 3. The Morgan fingerprint density at radius 2 is 1.52 bits per heavy atom. The van der Waals surface area contributed by atoms with Crippen molar-refractivity contribution in [3.63, 3.8) is 0 Å². The van der Waals surface area contributed by atoms with Gasteiger partial charge in [0.15, 0.2) is 18.0 Å². The molecule has 3 aliphatic carbocycles. The minimum atomic E-state index is -4.93. The van der Waals surface area contributed by atoms with Crippen LogP contribution >= 0.6 is 12.0 Å². The highest BCUT2D eigenvalue weighted by atomic mass is 32.2. The zero-order chi connectivity index (χ0) is 40.9. The zero-order valence-electron chi connectivity index (χ0n) is 29.5. The molecule has 1 saturated carbocycles. The number of β-amino-alcohol motifs (C(OH)–C–C–N with tert-alkyl or cyclic N) is 2. The lowest BCUT2D eigenvalue weighted by Crippen LogP contribution is -2.39. The molecule has 0 saturated heterocycles. The maximum Gasteiger partial charge on any atom is 0.209 e. The van der Waals surface area contributed by atoms with E-state index in [4.69, 9.17) is 5.26 Å². The van der Waals surface area contributed by atoms with Crippen LogP contribution in [0.2, 0.25) is 0 Å². The minimum Gasteiger partial charge on any atom is -0.871 e. The van der Waals surface area contributed by atoms with E-state index >= 15 is 0 Å². The zero-order valence-corrected chi connectivity index (χ0v) is 32.7. The van der Waals surface area contributed by atoms with E-state index in [9.17, 15) is 59.0 Å². The molecule has 4 unspecified atom stereocenters. The van der Waals surface area contributed by atoms with Gasteiger partial charge in [0.2, 0.25) is 5.69 Å². The number of carbonyl (C=O) groups is 1. The van der Waals surface area contributed by atoms with Crippen LogP contribution in [0.5, 0.6) is 0 Å². The first-order valence-electron chi connectivity index (χ1n) is 17.0. The SMILES string of the molecule is CC12CCC(C3=C([O-])/C(=C4\CCC5(C)C4=[N+](CC(O)CS(=O)(=O)[O-])c4ccc(SOOO)cc45)C3=O)=C1N(CC(O)CS(=O)(=O)[O-])c1ccc(S(=O)(=O)[O-])cc12. The van der Waals surface area contributed by atoms with E-state index in [-0.39, 0.29) is 48.2 Å². The molecular weight excluding hydrogens is 821 g/mol. The van der Waals surface area contributed by atoms with E-state index in [1.165, 1.54) is 17.0 Å². The number of rotatable bonds is 13. The first-order valence-corrected chi connectivity index (χ1v) is 22.3. The molecule has 302 valence electrons. The molecule has 2 aromatic rings. The lowest BCUT2D eigenvalue weighted by atomic mass is 9.76. The highest BCUT2D eigenvalue weighted by molar-refractivity contribution is 7.94. The number of aliphatic hydroxyl groups is 2. The van der Waals surface area contributed by atoms with E-state index < -0.39 is 87.9 Å². The number of carbonyl (C=O) groups excluding carboxylic acids is 1. The number of hydrogen-bond acceptors (Lipinski definition) is 18. The maximum absolute atomic E-state index is 14.4. The Balaban J connectivity index is 1.37. The number of ketones is 1. The molecule has 56 heavy (non-hydrogen) atoms. The van der Waals surface area contributed by atoms with E-state index in [2.05, 4.69) is 9.37 Å². The van der Waals surface area contributed by atoms with Crippen molar-refractivity contribution in [3.8, 4) is 0 Å². The second kappa shape index (κ2) is 13.8.